The molecule has 138 valence electrons. The van der Waals surface area contributed by atoms with E-state index < -0.39 is 5.97 Å². The maximum atomic E-state index is 12.0. The van der Waals surface area contributed by atoms with Gasteiger partial charge in [0.2, 0.25) is 5.91 Å². The van der Waals surface area contributed by atoms with E-state index in [9.17, 15) is 14.4 Å². The Labute approximate surface area is 155 Å². The Morgan fingerprint density at radius 1 is 1.11 bits per heavy atom. The molecule has 0 fully saturated rings. The summed E-state index contributed by atoms with van der Waals surface area (Å²) in [6.07, 6.45) is 0.227. The molecule has 2 aromatic carbocycles. The van der Waals surface area contributed by atoms with E-state index in [0.29, 0.717) is 16.8 Å². The number of rotatable bonds is 6. The van der Waals surface area contributed by atoms with Crippen LogP contribution < -0.4 is 15.6 Å². The summed E-state index contributed by atoms with van der Waals surface area (Å²) < 4.78 is 5.20. The van der Waals surface area contributed by atoms with Crippen LogP contribution in [0.25, 0.3) is 11.0 Å². The van der Waals surface area contributed by atoms with Crippen molar-refractivity contribution in [1.29, 1.82) is 0 Å². The summed E-state index contributed by atoms with van der Waals surface area (Å²) in [5.41, 5.74) is 2.11. The van der Waals surface area contributed by atoms with E-state index in [1.807, 2.05) is 31.2 Å². The first-order chi connectivity index (χ1) is 13.0. The van der Waals surface area contributed by atoms with Crippen LogP contribution in [0.2, 0.25) is 0 Å². The van der Waals surface area contributed by atoms with Gasteiger partial charge in [-0.15, -0.1) is 0 Å². The maximum Gasteiger partial charge on any atom is 0.330 e. The number of H-pyrrole nitrogens is 1. The van der Waals surface area contributed by atoms with Crippen molar-refractivity contribution in [2.24, 2.45) is 0 Å². The molecule has 0 saturated heterocycles. The van der Waals surface area contributed by atoms with Crippen molar-refractivity contribution < 1.29 is 14.3 Å². The number of carbonyl (C=O) groups is 2. The zero-order valence-electron chi connectivity index (χ0n) is 14.8. The number of aryl methyl sites for hydroxylation is 2. The molecule has 1 aromatic heterocycles. The number of nitrogens with one attached hydrogen (secondary N) is 2. The summed E-state index contributed by atoms with van der Waals surface area (Å²) in [6, 6.07) is 14.3. The predicted molar refractivity (Wildman–Crippen MR) is 101 cm³/mol. The van der Waals surface area contributed by atoms with E-state index in [-0.39, 0.29) is 36.5 Å². The number of para-hydroxylation sites is 3. The van der Waals surface area contributed by atoms with Gasteiger partial charge in [-0.1, -0.05) is 30.3 Å². The van der Waals surface area contributed by atoms with Gasteiger partial charge in [0.15, 0.2) is 0 Å². The van der Waals surface area contributed by atoms with Gasteiger partial charge < -0.3 is 15.0 Å². The Morgan fingerprint density at radius 3 is 2.67 bits per heavy atom. The second kappa shape index (κ2) is 8.27. The predicted octanol–water partition coefficient (Wildman–Crippen LogP) is 1.89. The van der Waals surface area contributed by atoms with E-state index in [4.69, 9.17) is 4.74 Å². The topological polar surface area (TPSA) is 101 Å². The number of benzene rings is 2. The lowest BCUT2D eigenvalue weighted by molar-refractivity contribution is -0.135. The van der Waals surface area contributed by atoms with E-state index in [1.165, 1.54) is 0 Å². The maximum absolute atomic E-state index is 12.0. The standard InChI is InChI=1S/C20H19N3O4/c1-13-6-2-5-9-17(13)27-19(25)12-21-18(24)11-10-16-20(26)23-15-8-4-3-7-14(15)22-16/h2-9H,10-12H2,1H3,(H,21,24)(H,23,26). The van der Waals surface area contributed by atoms with Crippen molar-refractivity contribution in [2.45, 2.75) is 19.8 Å². The Morgan fingerprint density at radius 2 is 1.85 bits per heavy atom. The van der Waals surface area contributed by atoms with E-state index in [2.05, 4.69) is 15.3 Å². The van der Waals surface area contributed by atoms with Gasteiger partial charge in [0.1, 0.15) is 18.0 Å². The average molecular weight is 365 g/mol. The molecule has 0 spiro atoms. The molecule has 1 heterocycles. The first kappa shape index (κ1) is 18.3. The van der Waals surface area contributed by atoms with E-state index >= 15 is 0 Å². The fraction of sp³-hybridized carbons (Fsp3) is 0.200. The molecule has 7 nitrogen and oxygen atoms in total. The summed E-state index contributed by atoms with van der Waals surface area (Å²) in [6.45, 7) is 1.59. The molecule has 27 heavy (non-hydrogen) atoms. The van der Waals surface area contributed by atoms with Crippen LogP contribution in [-0.2, 0) is 16.0 Å². The minimum Gasteiger partial charge on any atom is -0.425 e. The molecule has 0 aliphatic rings. The van der Waals surface area contributed by atoms with Crippen LogP contribution in [0.15, 0.2) is 53.3 Å². The number of fused-ring (bicyclic) bond motifs is 1. The Hall–Kier alpha value is -3.48. The van der Waals surface area contributed by atoms with Gasteiger partial charge in [-0.2, -0.15) is 0 Å². The Balaban J connectivity index is 1.51. The molecule has 0 bridgehead atoms. The van der Waals surface area contributed by atoms with Gasteiger partial charge in [0, 0.05) is 12.8 Å². The van der Waals surface area contributed by atoms with Crippen LogP contribution in [0.3, 0.4) is 0 Å². The second-order valence-corrected chi connectivity index (χ2v) is 6.05. The van der Waals surface area contributed by atoms with Crippen molar-refractivity contribution in [3.05, 3.63) is 70.1 Å². The number of amides is 1. The highest BCUT2D eigenvalue weighted by molar-refractivity contribution is 5.83. The minimum absolute atomic E-state index is 0.0477. The van der Waals surface area contributed by atoms with E-state index in [1.54, 1.807) is 24.3 Å². The second-order valence-electron chi connectivity index (χ2n) is 6.05. The quantitative estimate of drug-likeness (QED) is 0.513. The van der Waals surface area contributed by atoms with Crippen LogP contribution in [0.5, 0.6) is 5.75 Å². The third kappa shape index (κ3) is 4.78. The number of esters is 1. The zero-order valence-corrected chi connectivity index (χ0v) is 14.8. The Bertz CT molecular complexity index is 1040. The van der Waals surface area contributed by atoms with Crippen LogP contribution >= 0.6 is 0 Å². The van der Waals surface area contributed by atoms with Gasteiger partial charge in [-0.05, 0) is 30.7 Å². The molecule has 0 atom stereocenters. The Kier molecular flexibility index (Phi) is 5.61. The molecule has 0 aliphatic heterocycles. The number of aromatic nitrogens is 2. The van der Waals surface area contributed by atoms with Crippen LogP contribution in [-0.4, -0.2) is 28.4 Å². The van der Waals surface area contributed by atoms with Gasteiger partial charge in [0.25, 0.3) is 5.56 Å². The van der Waals surface area contributed by atoms with Crippen molar-refractivity contribution >= 4 is 22.9 Å². The molecule has 3 aromatic rings. The molecular formula is C20H19N3O4. The summed E-state index contributed by atoms with van der Waals surface area (Å²) in [7, 11) is 0. The molecule has 0 radical (unpaired) electrons. The molecule has 0 unspecified atom stereocenters. The first-order valence-corrected chi connectivity index (χ1v) is 8.54. The molecule has 7 heteroatoms. The van der Waals surface area contributed by atoms with Gasteiger partial charge in [-0.25, -0.2) is 9.78 Å². The van der Waals surface area contributed by atoms with Crippen LogP contribution in [0, 0.1) is 6.92 Å². The number of aromatic amines is 1. The zero-order chi connectivity index (χ0) is 19.2. The monoisotopic (exact) mass is 365 g/mol. The largest absolute Gasteiger partial charge is 0.425 e. The van der Waals surface area contributed by atoms with Crippen LogP contribution in [0.1, 0.15) is 17.7 Å². The number of ether oxygens (including phenoxy) is 1. The molecule has 0 saturated carbocycles. The normalized spacial score (nSPS) is 10.6. The van der Waals surface area contributed by atoms with Crippen LogP contribution in [0.4, 0.5) is 0 Å². The lowest BCUT2D eigenvalue weighted by atomic mass is 10.2. The first-order valence-electron chi connectivity index (χ1n) is 8.54. The van der Waals surface area contributed by atoms with Gasteiger partial charge in [-0.3, -0.25) is 9.59 Å². The summed E-state index contributed by atoms with van der Waals surface area (Å²) >= 11 is 0. The number of nitrogens with zero attached hydrogens (tertiary/aromatic N) is 1. The molecule has 2 N–H and O–H groups in total. The fourth-order valence-corrected chi connectivity index (χ4v) is 2.56. The smallest absolute Gasteiger partial charge is 0.330 e. The number of carbonyl (C=O) groups excluding carboxylic acids is 2. The molecule has 1 amide bonds. The summed E-state index contributed by atoms with van der Waals surface area (Å²) in [4.78, 5) is 42.9. The number of hydrogen-bond donors (Lipinski definition) is 2. The lowest BCUT2D eigenvalue weighted by Gasteiger charge is -2.08. The van der Waals surface area contributed by atoms with Crippen molar-refractivity contribution in [3.8, 4) is 5.75 Å². The molecular weight excluding hydrogens is 346 g/mol. The summed E-state index contributed by atoms with van der Waals surface area (Å²) in [5, 5.41) is 2.50. The van der Waals surface area contributed by atoms with Crippen molar-refractivity contribution in [2.75, 3.05) is 6.54 Å². The lowest BCUT2D eigenvalue weighted by Crippen LogP contribution is -2.32. The van der Waals surface area contributed by atoms with Crippen molar-refractivity contribution in [3.63, 3.8) is 0 Å². The average Bonchev–Trinajstić information content (AvgIpc) is 2.66. The highest BCUT2D eigenvalue weighted by Crippen LogP contribution is 2.16. The number of hydrogen-bond acceptors (Lipinski definition) is 5. The summed E-state index contributed by atoms with van der Waals surface area (Å²) in [5.74, 6) is -0.450. The highest BCUT2D eigenvalue weighted by Gasteiger charge is 2.11. The van der Waals surface area contributed by atoms with E-state index in [0.717, 1.165) is 5.56 Å². The van der Waals surface area contributed by atoms with Gasteiger partial charge >= 0.3 is 5.97 Å². The minimum atomic E-state index is -0.556. The molecule has 3 rings (SSSR count). The van der Waals surface area contributed by atoms with Crippen molar-refractivity contribution in [1.82, 2.24) is 15.3 Å². The SMILES string of the molecule is Cc1ccccc1OC(=O)CNC(=O)CCc1nc2ccccc2[nH]c1=O. The fourth-order valence-electron chi connectivity index (χ4n) is 2.56. The third-order valence-electron chi connectivity index (χ3n) is 4.01. The third-order valence-corrected chi connectivity index (χ3v) is 4.01. The molecule has 0 aliphatic carbocycles. The highest BCUT2D eigenvalue weighted by atomic mass is 16.5. The van der Waals surface area contributed by atoms with Gasteiger partial charge in [0.05, 0.1) is 11.0 Å².